The summed E-state index contributed by atoms with van der Waals surface area (Å²) >= 11 is 0. The summed E-state index contributed by atoms with van der Waals surface area (Å²) in [6.07, 6.45) is 0.871. The number of amides is 1. The topological polar surface area (TPSA) is 58.1 Å². The number of nitrogens with zero attached hydrogens (tertiary/aromatic N) is 3. The van der Waals surface area contributed by atoms with Gasteiger partial charge in [-0.2, -0.15) is 0 Å². The normalized spacial score (nSPS) is 19.5. The largest absolute Gasteiger partial charge is 0.359 e. The van der Waals surface area contributed by atoms with Crippen LogP contribution in [0.5, 0.6) is 0 Å². The molecule has 0 bridgehead atoms. The quantitative estimate of drug-likeness (QED) is 0.817. The van der Waals surface area contributed by atoms with Crippen LogP contribution in [0, 0.1) is 19.8 Å². The number of rotatable bonds is 2. The first-order valence-electron chi connectivity index (χ1n) is 5.89. The van der Waals surface area contributed by atoms with Gasteiger partial charge in [-0.05, 0) is 26.3 Å². The lowest BCUT2D eigenvalue weighted by Crippen LogP contribution is -2.30. The van der Waals surface area contributed by atoms with Crippen molar-refractivity contribution < 1.29 is 4.79 Å². The maximum atomic E-state index is 11.5. The number of aryl methyl sites for hydroxylation is 2. The predicted octanol–water partition coefficient (Wildman–Crippen LogP) is 0.666. The third-order valence-corrected chi connectivity index (χ3v) is 3.06. The molecule has 1 fully saturated rings. The summed E-state index contributed by atoms with van der Waals surface area (Å²) in [5.74, 6) is 0.912. The van der Waals surface area contributed by atoms with Crippen LogP contribution in [0.15, 0.2) is 6.07 Å². The van der Waals surface area contributed by atoms with Crippen molar-refractivity contribution in [2.24, 2.45) is 5.92 Å². The van der Waals surface area contributed by atoms with Gasteiger partial charge in [-0.1, -0.05) is 0 Å². The molecule has 1 unspecified atom stereocenters. The zero-order valence-electron chi connectivity index (χ0n) is 10.5. The van der Waals surface area contributed by atoms with Crippen molar-refractivity contribution >= 4 is 11.9 Å². The molecule has 1 aromatic heterocycles. The summed E-state index contributed by atoms with van der Waals surface area (Å²) in [6.45, 7) is 5.48. The van der Waals surface area contributed by atoms with Gasteiger partial charge in [0.1, 0.15) is 0 Å². The summed E-state index contributed by atoms with van der Waals surface area (Å²) < 4.78 is 0. The average Bonchev–Trinajstić information content (AvgIpc) is 2.76. The third-order valence-electron chi connectivity index (χ3n) is 3.06. The fourth-order valence-corrected chi connectivity index (χ4v) is 2.21. The smallest absolute Gasteiger partial charge is 0.225 e. The van der Waals surface area contributed by atoms with E-state index in [-0.39, 0.29) is 11.8 Å². The first-order valence-corrected chi connectivity index (χ1v) is 5.89. The Morgan fingerprint density at radius 1 is 1.41 bits per heavy atom. The molecule has 0 aliphatic carbocycles. The highest BCUT2D eigenvalue weighted by molar-refractivity contribution is 5.79. The summed E-state index contributed by atoms with van der Waals surface area (Å²) in [4.78, 5) is 22.5. The van der Waals surface area contributed by atoms with Crippen LogP contribution >= 0.6 is 0 Å². The van der Waals surface area contributed by atoms with Crippen LogP contribution in [0.2, 0.25) is 0 Å². The van der Waals surface area contributed by atoms with Gasteiger partial charge in [-0.3, -0.25) is 4.79 Å². The molecule has 5 nitrogen and oxygen atoms in total. The molecule has 1 saturated heterocycles. The van der Waals surface area contributed by atoms with Crippen molar-refractivity contribution in [2.45, 2.75) is 20.3 Å². The molecule has 0 aromatic carbocycles. The first-order chi connectivity index (χ1) is 8.10. The van der Waals surface area contributed by atoms with E-state index in [0.29, 0.717) is 6.54 Å². The minimum Gasteiger partial charge on any atom is -0.359 e. The lowest BCUT2D eigenvalue weighted by Gasteiger charge is -2.16. The number of hydrogen-bond acceptors (Lipinski definition) is 4. The minimum absolute atomic E-state index is 0.0596. The number of anilines is 1. The third kappa shape index (κ3) is 2.54. The highest BCUT2D eigenvalue weighted by Gasteiger charge is 2.29. The standard InChI is InChI=1S/C12H18N4O/c1-8-6-9(2)15-12(14-8)16-5-4-10(7-16)11(17)13-3/h6,10H,4-5,7H2,1-3H3,(H,13,17). The predicted molar refractivity (Wildman–Crippen MR) is 65.9 cm³/mol. The molecule has 0 spiro atoms. The summed E-state index contributed by atoms with van der Waals surface area (Å²) in [5.41, 5.74) is 1.94. The second-order valence-electron chi connectivity index (χ2n) is 4.50. The highest BCUT2D eigenvalue weighted by Crippen LogP contribution is 2.21. The van der Waals surface area contributed by atoms with Crippen LogP contribution in [0.3, 0.4) is 0 Å². The molecule has 0 saturated carbocycles. The monoisotopic (exact) mass is 234 g/mol. The Hall–Kier alpha value is -1.65. The average molecular weight is 234 g/mol. The Balaban J connectivity index is 2.12. The van der Waals surface area contributed by atoms with Gasteiger partial charge in [0.15, 0.2) is 0 Å². The van der Waals surface area contributed by atoms with E-state index in [2.05, 4.69) is 20.2 Å². The number of nitrogens with one attached hydrogen (secondary N) is 1. The minimum atomic E-state index is 0.0596. The van der Waals surface area contributed by atoms with Gasteiger partial charge >= 0.3 is 0 Å². The molecule has 92 valence electrons. The molecule has 1 aliphatic heterocycles. The van der Waals surface area contributed by atoms with Crippen molar-refractivity contribution in [3.63, 3.8) is 0 Å². The van der Waals surface area contributed by atoms with Crippen LogP contribution in [0.4, 0.5) is 5.95 Å². The highest BCUT2D eigenvalue weighted by atomic mass is 16.1. The maximum Gasteiger partial charge on any atom is 0.225 e. The lowest BCUT2D eigenvalue weighted by molar-refractivity contribution is -0.123. The van der Waals surface area contributed by atoms with E-state index in [1.54, 1.807) is 7.05 Å². The van der Waals surface area contributed by atoms with Crippen LogP contribution in [0.25, 0.3) is 0 Å². The van der Waals surface area contributed by atoms with E-state index in [1.165, 1.54) is 0 Å². The van der Waals surface area contributed by atoms with Gasteiger partial charge in [0, 0.05) is 31.5 Å². The van der Waals surface area contributed by atoms with Crippen LogP contribution in [-0.4, -0.2) is 36.0 Å². The van der Waals surface area contributed by atoms with E-state index in [0.717, 1.165) is 30.3 Å². The van der Waals surface area contributed by atoms with E-state index >= 15 is 0 Å². The summed E-state index contributed by atoms with van der Waals surface area (Å²) in [7, 11) is 1.68. The Morgan fingerprint density at radius 2 is 2.06 bits per heavy atom. The van der Waals surface area contributed by atoms with E-state index in [4.69, 9.17) is 0 Å². The second kappa shape index (κ2) is 4.69. The zero-order valence-corrected chi connectivity index (χ0v) is 10.5. The molecule has 0 radical (unpaired) electrons. The Kier molecular flexibility index (Phi) is 3.26. The van der Waals surface area contributed by atoms with Crippen LogP contribution in [-0.2, 0) is 4.79 Å². The molecule has 5 heteroatoms. The molecule has 1 amide bonds. The Bertz CT molecular complexity index is 412. The van der Waals surface area contributed by atoms with Gasteiger partial charge in [0.05, 0.1) is 5.92 Å². The zero-order chi connectivity index (χ0) is 12.4. The molecule has 17 heavy (non-hydrogen) atoms. The molecule has 1 aromatic rings. The van der Waals surface area contributed by atoms with Crippen molar-refractivity contribution in [1.82, 2.24) is 15.3 Å². The van der Waals surface area contributed by atoms with Gasteiger partial charge in [-0.25, -0.2) is 9.97 Å². The number of carbonyl (C=O) groups is 1. The molecule has 2 rings (SSSR count). The maximum absolute atomic E-state index is 11.5. The molecular formula is C12H18N4O. The van der Waals surface area contributed by atoms with Gasteiger partial charge in [0.25, 0.3) is 0 Å². The number of hydrogen-bond donors (Lipinski definition) is 1. The van der Waals surface area contributed by atoms with Gasteiger partial charge in [0.2, 0.25) is 11.9 Å². The molecule has 1 N–H and O–H groups in total. The first kappa shape index (κ1) is 11.8. The van der Waals surface area contributed by atoms with E-state index < -0.39 is 0 Å². The summed E-state index contributed by atoms with van der Waals surface area (Å²) in [5, 5.41) is 2.70. The second-order valence-corrected chi connectivity index (χ2v) is 4.50. The van der Waals surface area contributed by atoms with Gasteiger partial charge in [-0.15, -0.1) is 0 Å². The van der Waals surface area contributed by atoms with Gasteiger partial charge < -0.3 is 10.2 Å². The number of aromatic nitrogens is 2. The molecule has 2 heterocycles. The van der Waals surface area contributed by atoms with Crippen LogP contribution < -0.4 is 10.2 Å². The lowest BCUT2D eigenvalue weighted by atomic mass is 10.1. The van der Waals surface area contributed by atoms with Crippen molar-refractivity contribution in [3.05, 3.63) is 17.5 Å². The SMILES string of the molecule is CNC(=O)C1CCN(c2nc(C)cc(C)n2)C1. The van der Waals surface area contributed by atoms with E-state index in [9.17, 15) is 4.79 Å². The Labute approximate surface area is 101 Å². The molecular weight excluding hydrogens is 216 g/mol. The molecule has 1 aliphatic rings. The summed E-state index contributed by atoms with van der Waals surface area (Å²) in [6, 6.07) is 1.95. The van der Waals surface area contributed by atoms with Crippen molar-refractivity contribution in [1.29, 1.82) is 0 Å². The van der Waals surface area contributed by atoms with E-state index in [1.807, 2.05) is 19.9 Å². The fraction of sp³-hybridized carbons (Fsp3) is 0.583. The Morgan fingerprint density at radius 3 is 2.65 bits per heavy atom. The number of carbonyl (C=O) groups excluding carboxylic acids is 1. The fourth-order valence-electron chi connectivity index (χ4n) is 2.21. The van der Waals surface area contributed by atoms with Crippen LogP contribution in [0.1, 0.15) is 17.8 Å². The van der Waals surface area contributed by atoms with Crippen molar-refractivity contribution in [2.75, 3.05) is 25.0 Å². The van der Waals surface area contributed by atoms with Crippen molar-refractivity contribution in [3.8, 4) is 0 Å². The molecule has 1 atom stereocenters.